The van der Waals surface area contributed by atoms with Crippen molar-refractivity contribution in [3.63, 3.8) is 0 Å². The highest BCUT2D eigenvalue weighted by Gasteiger charge is 2.08. The molecule has 3 aromatic rings. The Morgan fingerprint density at radius 3 is 2.43 bits per heavy atom. The fraction of sp³-hybridized carbons (Fsp3) is 0.174. The van der Waals surface area contributed by atoms with E-state index in [0.717, 1.165) is 17.6 Å². The number of hydrogen-bond donors (Lipinski definition) is 0. The lowest BCUT2D eigenvalue weighted by atomic mass is 9.92. The Balaban J connectivity index is 2.14. The van der Waals surface area contributed by atoms with E-state index in [1.54, 1.807) is 0 Å². The first-order valence-electron chi connectivity index (χ1n) is 8.22. The molecule has 0 radical (unpaired) electrons. The molecule has 0 bridgehead atoms. The molecule has 0 aliphatic carbocycles. The maximum Gasteiger partial charge on any atom is 0.0303 e. The molecule has 0 heterocycles. The molecule has 23 heavy (non-hydrogen) atoms. The maximum absolute atomic E-state index is 3.89. The molecule has 0 aliphatic rings. The van der Waals surface area contributed by atoms with Gasteiger partial charge in [-0.15, -0.1) is 5.73 Å². The average molecular weight is 298 g/mol. The highest BCUT2D eigenvalue weighted by molar-refractivity contribution is 5.91. The van der Waals surface area contributed by atoms with Crippen LogP contribution in [0.2, 0.25) is 0 Å². The van der Waals surface area contributed by atoms with E-state index in [4.69, 9.17) is 0 Å². The van der Waals surface area contributed by atoms with Crippen LogP contribution in [-0.2, 0) is 6.42 Å². The summed E-state index contributed by atoms with van der Waals surface area (Å²) in [7, 11) is 0. The van der Waals surface area contributed by atoms with Crippen LogP contribution in [0.5, 0.6) is 0 Å². The van der Waals surface area contributed by atoms with E-state index in [1.807, 2.05) is 6.07 Å². The van der Waals surface area contributed by atoms with E-state index < -0.39 is 0 Å². The smallest absolute Gasteiger partial charge is 0.0303 e. The van der Waals surface area contributed by atoms with Crippen molar-refractivity contribution < 1.29 is 0 Å². The topological polar surface area (TPSA) is 0 Å². The van der Waals surface area contributed by atoms with Crippen LogP contribution in [0, 0.1) is 6.92 Å². The zero-order valence-corrected chi connectivity index (χ0v) is 13.9. The van der Waals surface area contributed by atoms with Gasteiger partial charge in [-0.25, -0.2) is 0 Å². The van der Waals surface area contributed by atoms with Gasteiger partial charge in [0.05, 0.1) is 0 Å². The van der Waals surface area contributed by atoms with Gasteiger partial charge >= 0.3 is 0 Å². The zero-order chi connectivity index (χ0) is 16.2. The monoisotopic (exact) mass is 298 g/mol. The van der Waals surface area contributed by atoms with Gasteiger partial charge in [0.15, 0.2) is 0 Å². The van der Waals surface area contributed by atoms with Crippen LogP contribution >= 0.6 is 0 Å². The van der Waals surface area contributed by atoms with E-state index in [1.165, 1.54) is 33.9 Å². The van der Waals surface area contributed by atoms with Crippen molar-refractivity contribution >= 4 is 16.3 Å². The quantitative estimate of drug-likeness (QED) is 0.495. The SMILES string of the molecule is C=C=C(c1ccccc1)c1ccc2c(CCC)c(C)ccc2c1. The number of rotatable bonds is 4. The van der Waals surface area contributed by atoms with Crippen molar-refractivity contribution in [2.75, 3.05) is 0 Å². The largest absolute Gasteiger partial charge is 0.119 e. The summed E-state index contributed by atoms with van der Waals surface area (Å²) in [6.07, 6.45) is 2.30. The van der Waals surface area contributed by atoms with E-state index in [9.17, 15) is 0 Å². The van der Waals surface area contributed by atoms with Crippen molar-refractivity contribution in [1.82, 2.24) is 0 Å². The van der Waals surface area contributed by atoms with Crippen LogP contribution in [0.15, 0.2) is 73.0 Å². The molecular formula is C23H22. The fourth-order valence-electron chi connectivity index (χ4n) is 3.22. The molecule has 0 aliphatic heterocycles. The fourth-order valence-corrected chi connectivity index (χ4v) is 3.22. The molecule has 0 nitrogen and oxygen atoms in total. The summed E-state index contributed by atoms with van der Waals surface area (Å²) in [5, 5.41) is 2.66. The predicted octanol–water partition coefficient (Wildman–Crippen LogP) is 6.32. The molecule has 0 spiro atoms. The van der Waals surface area contributed by atoms with Crippen LogP contribution < -0.4 is 0 Å². The summed E-state index contributed by atoms with van der Waals surface area (Å²) >= 11 is 0. The van der Waals surface area contributed by atoms with Gasteiger partial charge in [-0.2, -0.15) is 0 Å². The number of hydrogen-bond acceptors (Lipinski definition) is 0. The van der Waals surface area contributed by atoms with Crippen molar-refractivity contribution in [3.8, 4) is 0 Å². The zero-order valence-electron chi connectivity index (χ0n) is 13.9. The molecule has 3 rings (SSSR count). The van der Waals surface area contributed by atoms with Gasteiger partial charge < -0.3 is 0 Å². The van der Waals surface area contributed by atoms with Crippen molar-refractivity contribution in [3.05, 3.63) is 95.2 Å². The van der Waals surface area contributed by atoms with Crippen LogP contribution in [0.3, 0.4) is 0 Å². The molecule has 0 heteroatoms. The minimum Gasteiger partial charge on any atom is -0.119 e. The second-order valence-corrected chi connectivity index (χ2v) is 5.96. The van der Waals surface area contributed by atoms with Gasteiger partial charge in [-0.3, -0.25) is 0 Å². The van der Waals surface area contributed by atoms with Crippen molar-refractivity contribution in [1.29, 1.82) is 0 Å². The third-order valence-electron chi connectivity index (χ3n) is 4.39. The third kappa shape index (κ3) is 2.99. The summed E-state index contributed by atoms with van der Waals surface area (Å²) in [5.41, 5.74) is 9.36. The first-order chi connectivity index (χ1) is 11.2. The standard InChI is InChI=1S/C23H22/c1-4-9-22-17(3)12-13-20-16-19(14-15-23(20)22)21(5-2)18-10-7-6-8-11-18/h6-8,10-16H,2,4,9H2,1,3H3. The van der Waals surface area contributed by atoms with Gasteiger partial charge in [-0.05, 0) is 52.4 Å². The molecule has 0 atom stereocenters. The molecule has 0 N–H and O–H groups in total. The normalized spacial score (nSPS) is 10.5. The minimum absolute atomic E-state index is 1.06. The summed E-state index contributed by atoms with van der Waals surface area (Å²) < 4.78 is 0. The molecule has 0 aromatic heterocycles. The van der Waals surface area contributed by atoms with Crippen LogP contribution in [0.25, 0.3) is 16.3 Å². The molecule has 0 fully saturated rings. The Morgan fingerprint density at radius 2 is 1.74 bits per heavy atom. The second-order valence-electron chi connectivity index (χ2n) is 5.96. The lowest BCUT2D eigenvalue weighted by Gasteiger charge is -2.12. The van der Waals surface area contributed by atoms with Crippen molar-refractivity contribution in [2.45, 2.75) is 26.7 Å². The number of benzene rings is 3. The summed E-state index contributed by atoms with van der Waals surface area (Å²) in [5.74, 6) is 0. The van der Waals surface area contributed by atoms with Gasteiger partial charge in [0.2, 0.25) is 0 Å². The van der Waals surface area contributed by atoms with Crippen LogP contribution in [-0.4, -0.2) is 0 Å². The van der Waals surface area contributed by atoms with Crippen LogP contribution in [0.1, 0.15) is 35.6 Å². The summed E-state index contributed by atoms with van der Waals surface area (Å²) in [6, 6.07) is 21.5. The number of aryl methyl sites for hydroxylation is 2. The Bertz CT molecular complexity index is 879. The highest BCUT2D eigenvalue weighted by atomic mass is 14.1. The van der Waals surface area contributed by atoms with Gasteiger partial charge in [0, 0.05) is 5.57 Å². The minimum atomic E-state index is 1.06. The molecule has 0 unspecified atom stereocenters. The van der Waals surface area contributed by atoms with E-state index in [2.05, 4.69) is 80.8 Å². The predicted molar refractivity (Wildman–Crippen MR) is 101 cm³/mol. The molecule has 0 amide bonds. The van der Waals surface area contributed by atoms with E-state index in [-0.39, 0.29) is 0 Å². The summed E-state index contributed by atoms with van der Waals surface area (Å²) in [6.45, 7) is 8.34. The molecule has 114 valence electrons. The Hall–Kier alpha value is -2.56. The Labute approximate surface area is 138 Å². The van der Waals surface area contributed by atoms with Gasteiger partial charge in [0.1, 0.15) is 0 Å². The lowest BCUT2D eigenvalue weighted by molar-refractivity contribution is 0.921. The maximum atomic E-state index is 3.89. The van der Waals surface area contributed by atoms with Crippen LogP contribution in [0.4, 0.5) is 0 Å². The van der Waals surface area contributed by atoms with E-state index >= 15 is 0 Å². The molecule has 3 aromatic carbocycles. The Kier molecular flexibility index (Phi) is 4.46. The Morgan fingerprint density at radius 1 is 0.957 bits per heavy atom. The average Bonchev–Trinajstić information content (AvgIpc) is 2.59. The highest BCUT2D eigenvalue weighted by Crippen LogP contribution is 2.29. The van der Waals surface area contributed by atoms with Gasteiger partial charge in [0.25, 0.3) is 0 Å². The first-order valence-corrected chi connectivity index (χ1v) is 8.22. The number of fused-ring (bicyclic) bond motifs is 1. The molecular weight excluding hydrogens is 276 g/mol. The van der Waals surface area contributed by atoms with E-state index in [0.29, 0.717) is 0 Å². The molecule has 0 saturated heterocycles. The summed E-state index contributed by atoms with van der Waals surface area (Å²) in [4.78, 5) is 0. The first kappa shape index (κ1) is 15.3. The van der Waals surface area contributed by atoms with Gasteiger partial charge in [-0.1, -0.05) is 74.5 Å². The lowest BCUT2D eigenvalue weighted by Crippen LogP contribution is -1.93. The third-order valence-corrected chi connectivity index (χ3v) is 4.39. The second kappa shape index (κ2) is 6.69. The van der Waals surface area contributed by atoms with Crippen molar-refractivity contribution in [2.24, 2.45) is 0 Å². The molecule has 0 saturated carbocycles.